The van der Waals surface area contributed by atoms with Gasteiger partial charge in [-0.3, -0.25) is 4.68 Å². The molecule has 0 aliphatic heterocycles. The molecule has 3 heteroatoms. The standard InChI is InChI=1S/C8H14N2O/c1-8(11)4-2-6-10-7-3-5-9-10/h3,5,7-8,11H,2,4,6H2,1H3. The molecule has 1 unspecified atom stereocenters. The number of hydrogen-bond acceptors (Lipinski definition) is 2. The monoisotopic (exact) mass is 154 g/mol. The average molecular weight is 154 g/mol. The Kier molecular flexibility index (Phi) is 3.11. The minimum absolute atomic E-state index is 0.189. The van der Waals surface area contributed by atoms with Crippen LogP contribution in [0.2, 0.25) is 0 Å². The number of aryl methyl sites for hydroxylation is 1. The van der Waals surface area contributed by atoms with E-state index < -0.39 is 0 Å². The van der Waals surface area contributed by atoms with Crippen LogP contribution < -0.4 is 0 Å². The van der Waals surface area contributed by atoms with Gasteiger partial charge in [-0.15, -0.1) is 0 Å². The van der Waals surface area contributed by atoms with E-state index in [0.29, 0.717) is 0 Å². The third-order valence-corrected chi connectivity index (χ3v) is 1.57. The lowest BCUT2D eigenvalue weighted by molar-refractivity contribution is 0.179. The minimum Gasteiger partial charge on any atom is -0.393 e. The van der Waals surface area contributed by atoms with Gasteiger partial charge in [0.2, 0.25) is 0 Å². The number of nitrogens with zero attached hydrogens (tertiary/aromatic N) is 2. The first-order valence-corrected chi connectivity index (χ1v) is 3.94. The van der Waals surface area contributed by atoms with Crippen LogP contribution in [0.3, 0.4) is 0 Å². The molecule has 1 aromatic heterocycles. The van der Waals surface area contributed by atoms with Crippen LogP contribution in [0.5, 0.6) is 0 Å². The van der Waals surface area contributed by atoms with Crippen LogP contribution >= 0.6 is 0 Å². The summed E-state index contributed by atoms with van der Waals surface area (Å²) < 4.78 is 1.88. The van der Waals surface area contributed by atoms with Gasteiger partial charge < -0.3 is 5.11 Å². The first kappa shape index (κ1) is 8.27. The van der Waals surface area contributed by atoms with Gasteiger partial charge in [-0.1, -0.05) is 0 Å². The van der Waals surface area contributed by atoms with E-state index >= 15 is 0 Å². The molecule has 0 bridgehead atoms. The first-order valence-electron chi connectivity index (χ1n) is 3.94. The molecular formula is C8H14N2O. The van der Waals surface area contributed by atoms with E-state index in [1.807, 2.05) is 23.9 Å². The molecule has 62 valence electrons. The highest BCUT2D eigenvalue weighted by Crippen LogP contribution is 1.97. The third-order valence-electron chi connectivity index (χ3n) is 1.57. The van der Waals surface area contributed by atoms with Crippen molar-refractivity contribution in [1.29, 1.82) is 0 Å². The minimum atomic E-state index is -0.189. The van der Waals surface area contributed by atoms with Crippen molar-refractivity contribution in [2.75, 3.05) is 0 Å². The van der Waals surface area contributed by atoms with E-state index in [0.717, 1.165) is 19.4 Å². The quantitative estimate of drug-likeness (QED) is 0.703. The Morgan fingerprint density at radius 1 is 1.64 bits per heavy atom. The lowest BCUT2D eigenvalue weighted by atomic mass is 10.2. The van der Waals surface area contributed by atoms with Crippen LogP contribution in [0.4, 0.5) is 0 Å². The lowest BCUT2D eigenvalue weighted by Crippen LogP contribution is -2.04. The molecule has 1 atom stereocenters. The Morgan fingerprint density at radius 2 is 2.45 bits per heavy atom. The molecule has 11 heavy (non-hydrogen) atoms. The maximum Gasteiger partial charge on any atom is 0.0512 e. The second-order valence-corrected chi connectivity index (χ2v) is 2.76. The van der Waals surface area contributed by atoms with E-state index in [1.54, 1.807) is 6.20 Å². The van der Waals surface area contributed by atoms with Gasteiger partial charge in [0.05, 0.1) is 6.10 Å². The molecule has 0 fully saturated rings. The zero-order valence-electron chi connectivity index (χ0n) is 6.77. The molecule has 0 aliphatic carbocycles. The van der Waals surface area contributed by atoms with Crippen molar-refractivity contribution < 1.29 is 5.11 Å². The molecule has 0 saturated carbocycles. The SMILES string of the molecule is CC(O)CCCn1cccn1. The summed E-state index contributed by atoms with van der Waals surface area (Å²) in [5.74, 6) is 0. The van der Waals surface area contributed by atoms with Gasteiger partial charge >= 0.3 is 0 Å². The van der Waals surface area contributed by atoms with Crippen LogP contribution in [0.15, 0.2) is 18.5 Å². The highest BCUT2D eigenvalue weighted by molar-refractivity contribution is 4.77. The molecule has 0 radical (unpaired) electrons. The fourth-order valence-corrected chi connectivity index (χ4v) is 0.981. The van der Waals surface area contributed by atoms with Crippen LogP contribution in [0, 0.1) is 0 Å². The summed E-state index contributed by atoms with van der Waals surface area (Å²) in [6.07, 6.45) is 5.34. The van der Waals surface area contributed by atoms with Crippen molar-refractivity contribution in [1.82, 2.24) is 9.78 Å². The molecule has 0 spiro atoms. The highest BCUT2D eigenvalue weighted by atomic mass is 16.3. The second-order valence-electron chi connectivity index (χ2n) is 2.76. The highest BCUT2D eigenvalue weighted by Gasteiger charge is 1.95. The Balaban J connectivity index is 2.14. The smallest absolute Gasteiger partial charge is 0.0512 e. The zero-order chi connectivity index (χ0) is 8.10. The van der Waals surface area contributed by atoms with Crippen molar-refractivity contribution in [2.45, 2.75) is 32.4 Å². The average Bonchev–Trinajstić information content (AvgIpc) is 2.39. The fraction of sp³-hybridized carbons (Fsp3) is 0.625. The topological polar surface area (TPSA) is 38.0 Å². The summed E-state index contributed by atoms with van der Waals surface area (Å²) in [6.45, 7) is 2.71. The van der Waals surface area contributed by atoms with E-state index in [-0.39, 0.29) is 6.10 Å². The second kappa shape index (κ2) is 4.13. The van der Waals surface area contributed by atoms with E-state index in [2.05, 4.69) is 5.10 Å². The van der Waals surface area contributed by atoms with Gasteiger partial charge in [-0.2, -0.15) is 5.10 Å². The van der Waals surface area contributed by atoms with Gasteiger partial charge in [0.15, 0.2) is 0 Å². The van der Waals surface area contributed by atoms with Crippen LogP contribution in [0.25, 0.3) is 0 Å². The Hall–Kier alpha value is -0.830. The van der Waals surface area contributed by atoms with Crippen molar-refractivity contribution >= 4 is 0 Å². The van der Waals surface area contributed by atoms with E-state index in [1.165, 1.54) is 0 Å². The maximum atomic E-state index is 8.95. The normalized spacial score (nSPS) is 13.3. The predicted octanol–water partition coefficient (Wildman–Crippen LogP) is 1.04. The molecule has 0 aromatic carbocycles. The number of aliphatic hydroxyl groups excluding tert-OH is 1. The predicted molar refractivity (Wildman–Crippen MR) is 43.1 cm³/mol. The Bertz CT molecular complexity index is 182. The van der Waals surface area contributed by atoms with Gasteiger partial charge in [-0.25, -0.2) is 0 Å². The summed E-state index contributed by atoms with van der Waals surface area (Å²) in [7, 11) is 0. The molecule has 1 heterocycles. The van der Waals surface area contributed by atoms with Crippen LogP contribution in [0.1, 0.15) is 19.8 Å². The third kappa shape index (κ3) is 3.18. The summed E-state index contributed by atoms with van der Waals surface area (Å²) in [6, 6.07) is 1.91. The zero-order valence-corrected chi connectivity index (χ0v) is 6.77. The molecule has 0 amide bonds. The van der Waals surface area contributed by atoms with Gasteiger partial charge in [0.25, 0.3) is 0 Å². The molecule has 1 rings (SSSR count). The Labute approximate surface area is 66.7 Å². The van der Waals surface area contributed by atoms with Crippen molar-refractivity contribution in [2.24, 2.45) is 0 Å². The lowest BCUT2D eigenvalue weighted by Gasteiger charge is -2.03. The molecule has 0 aliphatic rings. The van der Waals surface area contributed by atoms with Gasteiger partial charge in [-0.05, 0) is 25.8 Å². The molecule has 3 nitrogen and oxygen atoms in total. The fourth-order valence-electron chi connectivity index (χ4n) is 0.981. The van der Waals surface area contributed by atoms with Crippen molar-refractivity contribution in [3.8, 4) is 0 Å². The summed E-state index contributed by atoms with van der Waals surface area (Å²) in [5, 5.41) is 13.0. The summed E-state index contributed by atoms with van der Waals surface area (Å²) in [4.78, 5) is 0. The van der Waals surface area contributed by atoms with Gasteiger partial charge in [0.1, 0.15) is 0 Å². The van der Waals surface area contributed by atoms with E-state index in [9.17, 15) is 0 Å². The molecular weight excluding hydrogens is 140 g/mol. The summed E-state index contributed by atoms with van der Waals surface area (Å²) in [5.41, 5.74) is 0. The molecule has 1 N–H and O–H groups in total. The first-order chi connectivity index (χ1) is 5.29. The number of aromatic nitrogens is 2. The molecule has 0 saturated heterocycles. The van der Waals surface area contributed by atoms with Crippen LogP contribution in [-0.4, -0.2) is 21.0 Å². The number of aliphatic hydroxyl groups is 1. The van der Waals surface area contributed by atoms with Crippen LogP contribution in [-0.2, 0) is 6.54 Å². The largest absolute Gasteiger partial charge is 0.393 e. The number of hydrogen-bond donors (Lipinski definition) is 1. The summed E-state index contributed by atoms with van der Waals surface area (Å²) >= 11 is 0. The molecule has 1 aromatic rings. The number of rotatable bonds is 4. The van der Waals surface area contributed by atoms with Crippen molar-refractivity contribution in [3.05, 3.63) is 18.5 Å². The van der Waals surface area contributed by atoms with E-state index in [4.69, 9.17) is 5.11 Å². The maximum absolute atomic E-state index is 8.95. The van der Waals surface area contributed by atoms with Gasteiger partial charge in [0, 0.05) is 18.9 Å². The Morgan fingerprint density at radius 3 is 3.00 bits per heavy atom. The van der Waals surface area contributed by atoms with Crippen molar-refractivity contribution in [3.63, 3.8) is 0 Å².